The number of rotatable bonds is 38. The van der Waals surface area contributed by atoms with Gasteiger partial charge >= 0.3 is 0 Å². The minimum absolute atomic E-state index is 0.239. The zero-order valence-electron chi connectivity index (χ0n) is 42.7. The highest BCUT2D eigenvalue weighted by molar-refractivity contribution is 5.76. The van der Waals surface area contributed by atoms with E-state index in [1.165, 1.54) is 89.9 Å². The summed E-state index contributed by atoms with van der Waals surface area (Å²) in [6.45, 7) is 1.62. The first kappa shape index (κ1) is 63.6. The molecule has 17 unspecified atom stereocenters. The molecule has 0 aromatic carbocycles. The van der Waals surface area contributed by atoms with E-state index < -0.39 is 124 Å². The number of amides is 1. The van der Waals surface area contributed by atoms with E-state index in [-0.39, 0.29) is 18.9 Å². The van der Waals surface area contributed by atoms with Gasteiger partial charge < -0.3 is 89.9 Å². The maximum absolute atomic E-state index is 13.2. The van der Waals surface area contributed by atoms with E-state index in [1.807, 2.05) is 6.08 Å². The van der Waals surface area contributed by atoms with Crippen LogP contribution in [0.15, 0.2) is 24.3 Å². The molecule has 0 aliphatic carbocycles. The summed E-state index contributed by atoms with van der Waals surface area (Å²) in [4.78, 5) is 13.2. The predicted octanol–water partition coefficient (Wildman–Crippen LogP) is 2.81. The Labute approximate surface area is 422 Å². The molecule has 0 saturated carbocycles. The zero-order valence-corrected chi connectivity index (χ0v) is 42.7. The summed E-state index contributed by atoms with van der Waals surface area (Å²) in [7, 11) is 0. The van der Waals surface area contributed by atoms with E-state index in [0.717, 1.165) is 44.9 Å². The number of unbranched alkanes of at least 4 members (excludes halogenated alkanes) is 20. The summed E-state index contributed by atoms with van der Waals surface area (Å²) in [6.07, 6.45) is 7.70. The number of allylic oxidation sites excluding steroid dienone is 3. The highest BCUT2D eigenvalue weighted by Gasteiger charge is 2.53. The van der Waals surface area contributed by atoms with Gasteiger partial charge in [-0.1, -0.05) is 154 Å². The van der Waals surface area contributed by atoms with Crippen LogP contribution in [0.25, 0.3) is 0 Å². The molecule has 3 saturated heterocycles. The molecule has 19 nitrogen and oxygen atoms in total. The van der Waals surface area contributed by atoms with Crippen molar-refractivity contribution in [1.82, 2.24) is 5.32 Å². The number of ether oxygens (including phenoxy) is 6. The first-order valence-corrected chi connectivity index (χ1v) is 27.1. The lowest BCUT2D eigenvalue weighted by molar-refractivity contribution is -0.379. The van der Waals surface area contributed by atoms with Crippen LogP contribution < -0.4 is 5.32 Å². The largest absolute Gasteiger partial charge is 0.394 e. The Bertz CT molecular complexity index is 1410. The van der Waals surface area contributed by atoms with Crippen molar-refractivity contribution < 1.29 is 89.4 Å². The molecule has 416 valence electrons. The molecule has 0 spiro atoms. The molecule has 0 aromatic rings. The van der Waals surface area contributed by atoms with Crippen molar-refractivity contribution in [3.63, 3.8) is 0 Å². The Morgan fingerprint density at radius 3 is 1.41 bits per heavy atom. The molecule has 0 bridgehead atoms. The van der Waals surface area contributed by atoms with Crippen molar-refractivity contribution in [1.29, 1.82) is 0 Å². The van der Waals surface area contributed by atoms with E-state index >= 15 is 0 Å². The fourth-order valence-electron chi connectivity index (χ4n) is 9.20. The maximum atomic E-state index is 13.2. The summed E-state index contributed by atoms with van der Waals surface area (Å²) < 4.78 is 34.1. The van der Waals surface area contributed by atoms with Crippen LogP contribution in [0.1, 0.15) is 168 Å². The van der Waals surface area contributed by atoms with Crippen LogP contribution in [0.4, 0.5) is 0 Å². The van der Waals surface area contributed by atoms with E-state index in [2.05, 4.69) is 31.3 Å². The fraction of sp³-hybridized carbons (Fsp3) is 0.904. The molecule has 0 aromatic heterocycles. The second-order valence-corrected chi connectivity index (χ2v) is 19.7. The average Bonchev–Trinajstić information content (AvgIpc) is 3.36. The number of nitrogens with one attached hydrogen (secondary N) is 1. The summed E-state index contributed by atoms with van der Waals surface area (Å²) in [6, 6.07) is -0.982. The van der Waals surface area contributed by atoms with Crippen LogP contribution in [0, 0.1) is 0 Å². The van der Waals surface area contributed by atoms with Gasteiger partial charge in [0.25, 0.3) is 0 Å². The summed E-state index contributed by atoms with van der Waals surface area (Å²) in [5.74, 6) is -0.288. The van der Waals surface area contributed by atoms with E-state index in [4.69, 9.17) is 28.4 Å². The molecule has 71 heavy (non-hydrogen) atoms. The Morgan fingerprint density at radius 1 is 0.493 bits per heavy atom. The zero-order chi connectivity index (χ0) is 52.0. The number of hydrogen-bond donors (Lipinski definition) is 12. The summed E-state index contributed by atoms with van der Waals surface area (Å²) in [5.41, 5.74) is 0. The van der Waals surface area contributed by atoms with Gasteiger partial charge in [-0.3, -0.25) is 4.79 Å². The molecule has 3 aliphatic heterocycles. The monoisotopic (exact) mass is 1020 g/mol. The third kappa shape index (κ3) is 22.6. The van der Waals surface area contributed by atoms with Gasteiger partial charge in [-0.15, -0.1) is 0 Å². The third-order valence-electron chi connectivity index (χ3n) is 13.8. The summed E-state index contributed by atoms with van der Waals surface area (Å²) in [5, 5.41) is 119. The summed E-state index contributed by atoms with van der Waals surface area (Å²) >= 11 is 0. The van der Waals surface area contributed by atoms with Crippen molar-refractivity contribution in [2.24, 2.45) is 0 Å². The minimum Gasteiger partial charge on any atom is -0.394 e. The van der Waals surface area contributed by atoms with Gasteiger partial charge in [-0.05, 0) is 32.1 Å². The lowest BCUT2D eigenvalue weighted by atomic mass is 9.96. The molecule has 3 rings (SSSR count). The smallest absolute Gasteiger partial charge is 0.220 e. The SMILES string of the molecule is CCCCC/C=C/CC/C=C/C(O)C(COC1OC(CO)C(OC2OC(CO)C(OC3OC(CO)C(O)C(O)C3O)C(O)C2O)C(O)C1O)NC(=O)CCCCCCCCCCCCCCCCCCC. The Balaban J connectivity index is 1.52. The van der Waals surface area contributed by atoms with Crippen LogP contribution in [-0.2, 0) is 33.2 Å². The van der Waals surface area contributed by atoms with E-state index in [1.54, 1.807) is 6.08 Å². The van der Waals surface area contributed by atoms with Gasteiger partial charge in [-0.25, -0.2) is 0 Å². The topological polar surface area (TPSA) is 307 Å². The lowest BCUT2D eigenvalue weighted by Gasteiger charge is -2.48. The first-order chi connectivity index (χ1) is 34.3. The molecule has 1 amide bonds. The minimum atomic E-state index is -1.98. The standard InChI is InChI=1S/C52H95NO18/c1-3-5-7-9-11-13-14-15-16-17-18-19-20-22-24-26-28-30-40(58)53-35(36(57)29-27-25-23-21-12-10-8-6-4-2)34-66-50-46(64)43(61)48(38(32-55)68-50)71-52-47(65)44(62)49(39(33-56)69-52)70-51-45(63)42(60)41(59)37(31-54)67-51/h12,21,27,29,35-39,41-52,54-57,59-65H,3-11,13-20,22-26,28,30-34H2,1-2H3,(H,53,58)/b21-12+,29-27+. The van der Waals surface area contributed by atoms with Crippen molar-refractivity contribution in [3.05, 3.63) is 24.3 Å². The number of hydrogen-bond acceptors (Lipinski definition) is 18. The molecule has 17 atom stereocenters. The predicted molar refractivity (Wildman–Crippen MR) is 263 cm³/mol. The van der Waals surface area contributed by atoms with Crippen LogP contribution >= 0.6 is 0 Å². The molecular weight excluding hydrogens is 927 g/mol. The first-order valence-electron chi connectivity index (χ1n) is 27.1. The van der Waals surface area contributed by atoms with Crippen molar-refractivity contribution in [2.45, 2.75) is 272 Å². The maximum Gasteiger partial charge on any atom is 0.220 e. The van der Waals surface area contributed by atoms with Crippen molar-refractivity contribution in [2.75, 3.05) is 26.4 Å². The number of carbonyl (C=O) groups excluding carboxylic acids is 1. The number of aliphatic hydroxyl groups is 11. The number of aliphatic hydroxyl groups excluding tert-OH is 11. The van der Waals surface area contributed by atoms with Gasteiger partial charge in [-0.2, -0.15) is 0 Å². The van der Waals surface area contributed by atoms with E-state index in [9.17, 15) is 61.0 Å². The van der Waals surface area contributed by atoms with E-state index in [0.29, 0.717) is 12.8 Å². The molecule has 3 fully saturated rings. The third-order valence-corrected chi connectivity index (χ3v) is 13.8. The van der Waals surface area contributed by atoms with Gasteiger partial charge in [0.05, 0.1) is 38.6 Å². The van der Waals surface area contributed by atoms with Crippen LogP contribution in [0.2, 0.25) is 0 Å². The van der Waals surface area contributed by atoms with Crippen LogP contribution in [-0.4, -0.2) is 193 Å². The normalized spacial score (nSPS) is 32.4. The van der Waals surface area contributed by atoms with Gasteiger partial charge in [0.2, 0.25) is 5.91 Å². The molecule has 19 heteroatoms. The Hall–Kier alpha value is -1.73. The Kier molecular flexibility index (Phi) is 33.2. The second kappa shape index (κ2) is 37.1. The molecular formula is C52H95NO18. The van der Waals surface area contributed by atoms with Crippen LogP contribution in [0.5, 0.6) is 0 Å². The second-order valence-electron chi connectivity index (χ2n) is 19.7. The molecule has 12 N–H and O–H groups in total. The quantitative estimate of drug-likeness (QED) is 0.0313. The lowest BCUT2D eigenvalue weighted by Crippen LogP contribution is -2.66. The van der Waals surface area contributed by atoms with Crippen molar-refractivity contribution in [3.8, 4) is 0 Å². The van der Waals surface area contributed by atoms with Gasteiger partial charge in [0.15, 0.2) is 18.9 Å². The fourth-order valence-corrected chi connectivity index (χ4v) is 9.20. The molecule has 3 heterocycles. The van der Waals surface area contributed by atoms with Crippen LogP contribution in [0.3, 0.4) is 0 Å². The van der Waals surface area contributed by atoms with Gasteiger partial charge in [0.1, 0.15) is 73.2 Å². The highest BCUT2D eigenvalue weighted by Crippen LogP contribution is 2.33. The average molecular weight is 1020 g/mol. The van der Waals surface area contributed by atoms with Crippen molar-refractivity contribution >= 4 is 5.91 Å². The number of carbonyl (C=O) groups is 1. The van der Waals surface area contributed by atoms with Gasteiger partial charge in [0, 0.05) is 6.42 Å². The molecule has 0 radical (unpaired) electrons. The Morgan fingerprint density at radius 2 is 0.901 bits per heavy atom. The highest BCUT2D eigenvalue weighted by atomic mass is 16.8. The molecule has 3 aliphatic rings.